The second kappa shape index (κ2) is 6.59. The number of hydrogen-bond donors (Lipinski definition) is 0. The van der Waals surface area contributed by atoms with Gasteiger partial charge in [-0.25, -0.2) is 0 Å². The van der Waals surface area contributed by atoms with Crippen LogP contribution in [0.25, 0.3) is 0 Å². The SMILES string of the molecule is CC(=O)N1N=C(c2ccc([N+](=O)[O-])cc2)OC1c1ccc([N+](=O)[O-])cc1. The number of carbonyl (C=O) groups is 1. The molecule has 2 aromatic rings. The molecule has 0 spiro atoms. The number of hydrogen-bond acceptors (Lipinski definition) is 7. The van der Waals surface area contributed by atoms with Crippen LogP contribution >= 0.6 is 0 Å². The minimum absolute atomic E-state index is 0.0808. The van der Waals surface area contributed by atoms with Crippen LogP contribution in [0.4, 0.5) is 11.4 Å². The van der Waals surface area contributed by atoms with E-state index in [0.29, 0.717) is 11.1 Å². The van der Waals surface area contributed by atoms with Gasteiger partial charge in [0.05, 0.1) is 9.85 Å². The summed E-state index contributed by atoms with van der Waals surface area (Å²) in [6.45, 7) is 1.31. The number of nitrogens with zero attached hydrogens (tertiary/aromatic N) is 4. The van der Waals surface area contributed by atoms with Gasteiger partial charge in [0.2, 0.25) is 18.0 Å². The summed E-state index contributed by atoms with van der Waals surface area (Å²) in [5, 5.41) is 26.7. The van der Waals surface area contributed by atoms with Crippen LogP contribution in [0.3, 0.4) is 0 Å². The topological polar surface area (TPSA) is 128 Å². The molecule has 0 saturated heterocycles. The number of carbonyl (C=O) groups excluding carboxylic acids is 1. The molecule has 10 heteroatoms. The summed E-state index contributed by atoms with van der Waals surface area (Å²) >= 11 is 0. The van der Waals surface area contributed by atoms with E-state index in [1.807, 2.05) is 0 Å². The number of rotatable bonds is 4. The Morgan fingerprint density at radius 3 is 1.96 bits per heavy atom. The van der Waals surface area contributed by atoms with E-state index in [1.54, 1.807) is 0 Å². The lowest BCUT2D eigenvalue weighted by molar-refractivity contribution is -0.385. The van der Waals surface area contributed by atoms with E-state index in [4.69, 9.17) is 4.74 Å². The van der Waals surface area contributed by atoms with E-state index in [1.165, 1.54) is 55.5 Å². The molecule has 1 unspecified atom stereocenters. The maximum absolute atomic E-state index is 11.9. The first-order valence-electron chi connectivity index (χ1n) is 7.41. The number of amides is 1. The number of non-ortho nitro benzene ring substituents is 2. The number of benzene rings is 2. The fraction of sp³-hybridized carbons (Fsp3) is 0.125. The molecule has 1 amide bonds. The van der Waals surface area contributed by atoms with Crippen molar-refractivity contribution in [1.82, 2.24) is 5.01 Å². The Labute approximate surface area is 146 Å². The zero-order valence-electron chi connectivity index (χ0n) is 13.4. The average Bonchev–Trinajstić information content (AvgIpc) is 3.07. The zero-order chi connectivity index (χ0) is 18.8. The Morgan fingerprint density at radius 2 is 1.50 bits per heavy atom. The first-order valence-corrected chi connectivity index (χ1v) is 7.41. The van der Waals surface area contributed by atoms with Gasteiger partial charge in [0, 0.05) is 42.3 Å². The standard InChI is InChI=1S/C16H12N4O6/c1-10(21)18-16(12-4-8-14(9-5-12)20(24)25)26-15(17-18)11-2-6-13(7-3-11)19(22)23/h2-9,16H,1H3. The Bertz CT molecular complexity index is 907. The van der Waals surface area contributed by atoms with Crippen LogP contribution in [0.1, 0.15) is 24.3 Å². The third kappa shape index (κ3) is 3.20. The maximum Gasteiger partial charge on any atom is 0.269 e. The summed E-state index contributed by atoms with van der Waals surface area (Å²) in [5.74, 6) is -0.260. The van der Waals surface area contributed by atoms with Crippen LogP contribution in [0, 0.1) is 20.2 Å². The molecule has 0 saturated carbocycles. The van der Waals surface area contributed by atoms with Crippen LogP contribution in [0.5, 0.6) is 0 Å². The van der Waals surface area contributed by atoms with E-state index in [9.17, 15) is 25.0 Å². The number of ether oxygens (including phenoxy) is 1. The summed E-state index contributed by atoms with van der Waals surface area (Å²) < 4.78 is 5.72. The summed E-state index contributed by atoms with van der Waals surface area (Å²) in [5.41, 5.74) is 0.804. The lowest BCUT2D eigenvalue weighted by Crippen LogP contribution is -2.25. The van der Waals surface area contributed by atoms with E-state index < -0.39 is 16.1 Å². The van der Waals surface area contributed by atoms with Crippen molar-refractivity contribution < 1.29 is 19.4 Å². The minimum atomic E-state index is -0.876. The number of nitro benzene ring substituents is 2. The van der Waals surface area contributed by atoms with E-state index in [0.717, 1.165) is 5.01 Å². The van der Waals surface area contributed by atoms with Crippen LogP contribution in [0.15, 0.2) is 53.6 Å². The predicted octanol–water partition coefficient (Wildman–Crippen LogP) is 2.74. The Kier molecular flexibility index (Phi) is 4.31. The molecule has 1 heterocycles. The molecule has 2 aromatic carbocycles. The summed E-state index contributed by atoms with van der Waals surface area (Å²) in [6, 6.07) is 11.1. The third-order valence-corrected chi connectivity index (χ3v) is 3.68. The fourth-order valence-electron chi connectivity index (χ4n) is 2.39. The Morgan fingerprint density at radius 1 is 1.00 bits per heavy atom. The average molecular weight is 356 g/mol. The molecule has 132 valence electrons. The van der Waals surface area contributed by atoms with E-state index in [2.05, 4.69) is 5.10 Å². The van der Waals surface area contributed by atoms with Crippen molar-refractivity contribution in [1.29, 1.82) is 0 Å². The summed E-state index contributed by atoms with van der Waals surface area (Å²) in [7, 11) is 0. The Balaban J connectivity index is 1.88. The number of hydrazone groups is 1. The van der Waals surface area contributed by atoms with Gasteiger partial charge in [-0.15, -0.1) is 5.10 Å². The van der Waals surface area contributed by atoms with Crippen LogP contribution in [0.2, 0.25) is 0 Å². The molecule has 0 N–H and O–H groups in total. The largest absolute Gasteiger partial charge is 0.446 e. The van der Waals surface area contributed by atoms with Crippen molar-refractivity contribution in [3.05, 3.63) is 79.9 Å². The highest BCUT2D eigenvalue weighted by molar-refractivity contribution is 5.96. The molecule has 0 bridgehead atoms. The molecule has 3 rings (SSSR count). The quantitative estimate of drug-likeness (QED) is 0.612. The van der Waals surface area contributed by atoms with Gasteiger partial charge in [0.15, 0.2) is 0 Å². The Hall–Kier alpha value is -3.82. The third-order valence-electron chi connectivity index (χ3n) is 3.68. The van der Waals surface area contributed by atoms with Crippen LogP contribution in [-0.4, -0.2) is 26.7 Å². The second-order valence-corrected chi connectivity index (χ2v) is 5.39. The zero-order valence-corrected chi connectivity index (χ0v) is 13.4. The van der Waals surface area contributed by atoms with Crippen LogP contribution < -0.4 is 0 Å². The van der Waals surface area contributed by atoms with Gasteiger partial charge in [0.25, 0.3) is 11.4 Å². The maximum atomic E-state index is 11.9. The highest BCUT2D eigenvalue weighted by Crippen LogP contribution is 2.31. The van der Waals surface area contributed by atoms with Gasteiger partial charge in [0.1, 0.15) is 0 Å². The lowest BCUT2D eigenvalue weighted by atomic mass is 10.1. The molecule has 1 aliphatic rings. The van der Waals surface area contributed by atoms with Crippen molar-refractivity contribution in [3.8, 4) is 0 Å². The molecule has 1 atom stereocenters. The molecule has 0 radical (unpaired) electrons. The van der Waals surface area contributed by atoms with Crippen LogP contribution in [-0.2, 0) is 9.53 Å². The first-order chi connectivity index (χ1) is 12.4. The van der Waals surface area contributed by atoms with Crippen molar-refractivity contribution in [3.63, 3.8) is 0 Å². The molecular weight excluding hydrogens is 344 g/mol. The van der Waals surface area contributed by atoms with Crippen molar-refractivity contribution in [2.75, 3.05) is 0 Å². The monoisotopic (exact) mass is 356 g/mol. The van der Waals surface area contributed by atoms with E-state index >= 15 is 0 Å². The van der Waals surface area contributed by atoms with Gasteiger partial charge in [-0.2, -0.15) is 5.01 Å². The molecule has 0 aromatic heterocycles. The van der Waals surface area contributed by atoms with Crippen molar-refractivity contribution >= 4 is 23.2 Å². The fourth-order valence-corrected chi connectivity index (χ4v) is 2.39. The van der Waals surface area contributed by atoms with Gasteiger partial charge in [-0.3, -0.25) is 25.0 Å². The molecular formula is C16H12N4O6. The first kappa shape index (κ1) is 17.0. The lowest BCUT2D eigenvalue weighted by Gasteiger charge is -2.19. The normalized spacial score (nSPS) is 16.0. The van der Waals surface area contributed by atoms with Gasteiger partial charge < -0.3 is 4.74 Å². The van der Waals surface area contributed by atoms with Crippen molar-refractivity contribution in [2.45, 2.75) is 13.2 Å². The molecule has 10 nitrogen and oxygen atoms in total. The van der Waals surface area contributed by atoms with E-state index in [-0.39, 0.29) is 23.2 Å². The van der Waals surface area contributed by atoms with Gasteiger partial charge in [-0.05, 0) is 24.3 Å². The van der Waals surface area contributed by atoms with Crippen molar-refractivity contribution in [2.24, 2.45) is 5.10 Å². The number of nitro groups is 2. The highest BCUT2D eigenvalue weighted by atomic mass is 16.6. The summed E-state index contributed by atoms with van der Waals surface area (Å²) in [6.07, 6.45) is -0.876. The molecule has 0 aliphatic carbocycles. The summed E-state index contributed by atoms with van der Waals surface area (Å²) in [4.78, 5) is 32.3. The predicted molar refractivity (Wildman–Crippen MR) is 89.1 cm³/mol. The molecule has 1 aliphatic heterocycles. The molecule has 0 fully saturated rings. The minimum Gasteiger partial charge on any atom is -0.446 e. The van der Waals surface area contributed by atoms with Gasteiger partial charge in [-0.1, -0.05) is 0 Å². The molecule has 26 heavy (non-hydrogen) atoms. The smallest absolute Gasteiger partial charge is 0.269 e. The highest BCUT2D eigenvalue weighted by Gasteiger charge is 2.33. The second-order valence-electron chi connectivity index (χ2n) is 5.39. The van der Waals surface area contributed by atoms with Gasteiger partial charge >= 0.3 is 0 Å².